The minimum atomic E-state index is -0.545. The lowest BCUT2D eigenvalue weighted by Crippen LogP contribution is -2.02. The van der Waals surface area contributed by atoms with E-state index in [9.17, 15) is 9.65 Å². The minimum absolute atomic E-state index is 0.0135. The number of nitrogens with one attached hydrogen (secondary N) is 3. The Balaban J connectivity index is 1.45. The lowest BCUT2D eigenvalue weighted by Gasteiger charge is -2.10. The average Bonchev–Trinajstić information content (AvgIpc) is 3.43. The van der Waals surface area contributed by atoms with Gasteiger partial charge in [0.05, 0.1) is 11.4 Å². The molecule has 0 bridgehead atoms. The molecule has 0 amide bonds. The summed E-state index contributed by atoms with van der Waals surface area (Å²) in [6, 6.07) is 14.1. The molecule has 0 spiro atoms. The van der Waals surface area contributed by atoms with Gasteiger partial charge in [-0.15, -0.1) is 0 Å². The molecule has 1 aromatic carbocycles. The van der Waals surface area contributed by atoms with Gasteiger partial charge in [0.25, 0.3) is 0 Å². The van der Waals surface area contributed by atoms with Crippen LogP contribution in [-0.2, 0) is 0 Å². The predicted molar refractivity (Wildman–Crippen MR) is 115 cm³/mol. The topological polar surface area (TPSA) is 128 Å². The number of rotatable bonds is 5. The van der Waals surface area contributed by atoms with E-state index < -0.39 is 5.82 Å². The zero-order valence-corrected chi connectivity index (χ0v) is 16.7. The molecular formula is C22H15FN8O. The van der Waals surface area contributed by atoms with E-state index in [-0.39, 0.29) is 23.0 Å². The molecule has 4 heterocycles. The molecule has 0 aliphatic carbocycles. The standard InChI is InChI=1S/C22H15FN8O/c1-12-8-13-15(28-12)5-6-18(20(13)23)32-22-14(10-24)21(26-11-27-22)29-19-9-17(30-31-19)16-4-2-3-7-25-16/h2-9,11,28H,1H3,(H2,26,27,29,30,31). The molecule has 156 valence electrons. The third kappa shape index (κ3) is 3.48. The summed E-state index contributed by atoms with van der Waals surface area (Å²) in [7, 11) is 0. The Labute approximate surface area is 181 Å². The summed E-state index contributed by atoms with van der Waals surface area (Å²) in [5, 5.41) is 20.1. The van der Waals surface area contributed by atoms with E-state index >= 15 is 0 Å². The Morgan fingerprint density at radius 2 is 2.03 bits per heavy atom. The highest BCUT2D eigenvalue weighted by Crippen LogP contribution is 2.33. The molecule has 10 heteroatoms. The molecule has 0 aliphatic heterocycles. The fourth-order valence-corrected chi connectivity index (χ4v) is 3.27. The molecule has 5 aromatic rings. The Kier molecular flexibility index (Phi) is 4.68. The van der Waals surface area contributed by atoms with Gasteiger partial charge < -0.3 is 15.0 Å². The van der Waals surface area contributed by atoms with Crippen LogP contribution in [0.2, 0.25) is 0 Å². The van der Waals surface area contributed by atoms with E-state index in [0.717, 1.165) is 5.69 Å². The first-order chi connectivity index (χ1) is 15.6. The number of aryl methyl sites for hydroxylation is 1. The van der Waals surface area contributed by atoms with E-state index in [0.29, 0.717) is 28.1 Å². The molecule has 0 atom stereocenters. The number of aromatic amines is 2. The maximum atomic E-state index is 14.9. The summed E-state index contributed by atoms with van der Waals surface area (Å²) in [6.45, 7) is 1.84. The van der Waals surface area contributed by atoms with Gasteiger partial charge >= 0.3 is 0 Å². The van der Waals surface area contributed by atoms with Crippen molar-refractivity contribution in [1.82, 2.24) is 30.1 Å². The normalized spacial score (nSPS) is 10.8. The quantitative estimate of drug-likeness (QED) is 0.375. The molecule has 0 aliphatic rings. The molecule has 0 saturated carbocycles. The molecule has 4 aromatic heterocycles. The number of hydrogen-bond donors (Lipinski definition) is 3. The summed E-state index contributed by atoms with van der Waals surface area (Å²) in [6.07, 6.45) is 2.90. The number of benzene rings is 1. The Morgan fingerprint density at radius 3 is 2.84 bits per heavy atom. The molecule has 32 heavy (non-hydrogen) atoms. The third-order valence-electron chi connectivity index (χ3n) is 4.73. The van der Waals surface area contributed by atoms with Crippen molar-refractivity contribution in [3.05, 3.63) is 72.1 Å². The summed E-state index contributed by atoms with van der Waals surface area (Å²) in [5.74, 6) is -0.0697. The number of nitriles is 1. The summed E-state index contributed by atoms with van der Waals surface area (Å²) in [4.78, 5) is 15.5. The zero-order chi connectivity index (χ0) is 22.1. The number of H-pyrrole nitrogens is 2. The number of nitrogens with zero attached hydrogens (tertiary/aromatic N) is 5. The fourth-order valence-electron chi connectivity index (χ4n) is 3.27. The second-order valence-electron chi connectivity index (χ2n) is 6.91. The summed E-state index contributed by atoms with van der Waals surface area (Å²) >= 11 is 0. The van der Waals surface area contributed by atoms with Gasteiger partial charge in [0.2, 0.25) is 5.88 Å². The number of fused-ring (bicyclic) bond motifs is 1. The lowest BCUT2D eigenvalue weighted by molar-refractivity contribution is 0.428. The van der Waals surface area contributed by atoms with Crippen molar-refractivity contribution in [1.29, 1.82) is 5.26 Å². The fraction of sp³-hybridized carbons (Fsp3) is 0.0455. The highest BCUT2D eigenvalue weighted by molar-refractivity contribution is 5.83. The van der Waals surface area contributed by atoms with Gasteiger partial charge in [0.1, 0.15) is 12.4 Å². The van der Waals surface area contributed by atoms with Crippen molar-refractivity contribution >= 4 is 22.5 Å². The van der Waals surface area contributed by atoms with Crippen molar-refractivity contribution in [2.24, 2.45) is 0 Å². The predicted octanol–water partition coefficient (Wildman–Crippen LogP) is 4.60. The minimum Gasteiger partial charge on any atom is -0.434 e. The number of aromatic nitrogens is 6. The van der Waals surface area contributed by atoms with Gasteiger partial charge in [-0.1, -0.05) is 6.07 Å². The zero-order valence-electron chi connectivity index (χ0n) is 16.7. The molecule has 0 radical (unpaired) electrons. The van der Waals surface area contributed by atoms with Crippen LogP contribution in [0.15, 0.2) is 55.0 Å². The van der Waals surface area contributed by atoms with E-state index in [1.165, 1.54) is 12.4 Å². The number of halogens is 1. The second-order valence-corrected chi connectivity index (χ2v) is 6.91. The maximum Gasteiger partial charge on any atom is 0.242 e. The van der Waals surface area contributed by atoms with Crippen LogP contribution in [0.25, 0.3) is 22.3 Å². The highest BCUT2D eigenvalue weighted by atomic mass is 19.1. The van der Waals surface area contributed by atoms with Crippen molar-refractivity contribution < 1.29 is 9.13 Å². The molecule has 3 N–H and O–H groups in total. The monoisotopic (exact) mass is 426 g/mol. The smallest absolute Gasteiger partial charge is 0.242 e. The SMILES string of the molecule is Cc1cc2c(F)c(Oc3ncnc(Nc4cc(-c5ccccn5)[nH]n4)c3C#N)ccc2[nH]1. The summed E-state index contributed by atoms with van der Waals surface area (Å²) in [5.41, 5.74) is 2.89. The van der Waals surface area contributed by atoms with Crippen LogP contribution in [0.5, 0.6) is 11.6 Å². The van der Waals surface area contributed by atoms with E-state index in [1.54, 1.807) is 24.4 Å². The highest BCUT2D eigenvalue weighted by Gasteiger charge is 2.18. The van der Waals surface area contributed by atoms with Crippen molar-refractivity contribution in [2.45, 2.75) is 6.92 Å². The van der Waals surface area contributed by atoms with Crippen LogP contribution in [0.1, 0.15) is 11.3 Å². The van der Waals surface area contributed by atoms with Gasteiger partial charge in [-0.05, 0) is 37.3 Å². The summed E-state index contributed by atoms with van der Waals surface area (Å²) < 4.78 is 20.6. The number of pyridine rings is 1. The van der Waals surface area contributed by atoms with Crippen LogP contribution >= 0.6 is 0 Å². The largest absolute Gasteiger partial charge is 0.434 e. The van der Waals surface area contributed by atoms with Crippen LogP contribution in [0, 0.1) is 24.1 Å². The Bertz CT molecular complexity index is 1470. The van der Waals surface area contributed by atoms with Crippen LogP contribution in [0.3, 0.4) is 0 Å². The average molecular weight is 426 g/mol. The van der Waals surface area contributed by atoms with Crippen LogP contribution in [-0.4, -0.2) is 30.1 Å². The first-order valence-electron chi connectivity index (χ1n) is 9.57. The second kappa shape index (κ2) is 7.81. The molecule has 5 rings (SSSR count). The molecule has 0 fully saturated rings. The van der Waals surface area contributed by atoms with Crippen molar-refractivity contribution in [3.63, 3.8) is 0 Å². The Hall–Kier alpha value is -4.78. The van der Waals surface area contributed by atoms with Gasteiger partial charge in [-0.2, -0.15) is 10.4 Å². The first kappa shape index (κ1) is 19.2. The van der Waals surface area contributed by atoms with Gasteiger partial charge in [-0.25, -0.2) is 14.4 Å². The molecule has 0 saturated heterocycles. The van der Waals surface area contributed by atoms with E-state index in [1.807, 2.05) is 31.2 Å². The third-order valence-corrected chi connectivity index (χ3v) is 4.73. The lowest BCUT2D eigenvalue weighted by atomic mass is 10.2. The van der Waals surface area contributed by atoms with Crippen LogP contribution in [0.4, 0.5) is 16.0 Å². The van der Waals surface area contributed by atoms with E-state index in [4.69, 9.17) is 4.74 Å². The van der Waals surface area contributed by atoms with Gasteiger partial charge in [0, 0.05) is 28.9 Å². The van der Waals surface area contributed by atoms with Crippen LogP contribution < -0.4 is 10.1 Å². The maximum absolute atomic E-state index is 14.9. The Morgan fingerprint density at radius 1 is 1.12 bits per heavy atom. The first-order valence-corrected chi connectivity index (χ1v) is 9.57. The van der Waals surface area contributed by atoms with Gasteiger partial charge in [0.15, 0.2) is 28.8 Å². The van der Waals surface area contributed by atoms with Gasteiger partial charge in [-0.3, -0.25) is 10.1 Å². The van der Waals surface area contributed by atoms with Crippen molar-refractivity contribution in [2.75, 3.05) is 5.32 Å². The number of anilines is 2. The van der Waals surface area contributed by atoms with Crippen molar-refractivity contribution in [3.8, 4) is 29.1 Å². The molecule has 0 unspecified atom stereocenters. The number of hydrogen-bond acceptors (Lipinski definition) is 7. The number of ether oxygens (including phenoxy) is 1. The molecular weight excluding hydrogens is 411 g/mol. The molecule has 9 nitrogen and oxygen atoms in total. The van der Waals surface area contributed by atoms with E-state index in [2.05, 4.69) is 35.5 Å².